The van der Waals surface area contributed by atoms with Gasteiger partial charge in [-0.3, -0.25) is 14.5 Å². The van der Waals surface area contributed by atoms with E-state index in [0.717, 1.165) is 11.7 Å². The van der Waals surface area contributed by atoms with Crippen molar-refractivity contribution in [2.75, 3.05) is 22.1 Å². The van der Waals surface area contributed by atoms with E-state index < -0.39 is 10.8 Å². The SMILES string of the molecule is CCNc1nnc(SC(C)C(=O)N2c3ccccc3NC(=O)C2(C)C)s1. The topological polar surface area (TPSA) is 87.2 Å². The van der Waals surface area contributed by atoms with Crippen molar-refractivity contribution in [3.8, 4) is 0 Å². The fourth-order valence-electron chi connectivity index (χ4n) is 2.71. The largest absolute Gasteiger partial charge is 0.360 e. The van der Waals surface area contributed by atoms with Gasteiger partial charge in [0.05, 0.1) is 16.6 Å². The highest BCUT2D eigenvalue weighted by atomic mass is 32.2. The molecule has 1 atom stereocenters. The Hall–Kier alpha value is -2.13. The Morgan fingerprint density at radius 1 is 1.38 bits per heavy atom. The number of hydrogen-bond acceptors (Lipinski definition) is 7. The molecule has 0 bridgehead atoms. The molecule has 2 heterocycles. The number of nitrogens with zero attached hydrogens (tertiary/aromatic N) is 3. The highest BCUT2D eigenvalue weighted by molar-refractivity contribution is 8.02. The number of amides is 2. The number of benzene rings is 1. The summed E-state index contributed by atoms with van der Waals surface area (Å²) >= 11 is 2.77. The molecule has 0 saturated heterocycles. The van der Waals surface area contributed by atoms with Gasteiger partial charge in [0.15, 0.2) is 4.34 Å². The number of rotatable bonds is 5. The van der Waals surface area contributed by atoms with Crippen molar-refractivity contribution >= 4 is 51.4 Å². The number of para-hydroxylation sites is 2. The minimum absolute atomic E-state index is 0.137. The fourth-order valence-corrected chi connectivity index (χ4v) is 4.71. The van der Waals surface area contributed by atoms with Crippen molar-refractivity contribution in [2.24, 2.45) is 0 Å². The Morgan fingerprint density at radius 3 is 2.85 bits per heavy atom. The first kappa shape index (κ1) is 18.7. The minimum Gasteiger partial charge on any atom is -0.360 e. The Kier molecular flexibility index (Phi) is 5.19. The molecule has 0 radical (unpaired) electrons. The number of carbonyl (C=O) groups excluding carboxylic acids is 2. The van der Waals surface area contributed by atoms with Crippen LogP contribution in [0.25, 0.3) is 0 Å². The molecule has 0 fully saturated rings. The average Bonchev–Trinajstić information content (AvgIpc) is 3.02. The van der Waals surface area contributed by atoms with Gasteiger partial charge in [0.25, 0.3) is 0 Å². The first-order chi connectivity index (χ1) is 12.3. The predicted octanol–water partition coefficient (Wildman–Crippen LogP) is 3.21. The highest BCUT2D eigenvalue weighted by Gasteiger charge is 2.44. The molecule has 1 unspecified atom stereocenters. The van der Waals surface area contributed by atoms with Crippen LogP contribution >= 0.6 is 23.1 Å². The van der Waals surface area contributed by atoms with Gasteiger partial charge in [-0.15, -0.1) is 10.2 Å². The standard InChI is InChI=1S/C17H21N5O2S2/c1-5-18-15-20-21-16(26-15)25-10(2)13(23)22-12-9-7-6-8-11(12)19-14(24)17(22,3)4/h6-10H,5H2,1-4H3,(H,18,20)(H,19,24). The molecule has 0 aliphatic carbocycles. The number of thioether (sulfide) groups is 1. The number of carbonyl (C=O) groups is 2. The molecule has 1 aliphatic heterocycles. The third-order valence-electron chi connectivity index (χ3n) is 4.09. The molecule has 2 aromatic rings. The normalized spacial score (nSPS) is 16.6. The summed E-state index contributed by atoms with van der Waals surface area (Å²) < 4.78 is 0.717. The van der Waals surface area contributed by atoms with Crippen LogP contribution < -0.4 is 15.5 Å². The maximum atomic E-state index is 13.2. The minimum atomic E-state index is -0.976. The van der Waals surface area contributed by atoms with E-state index in [9.17, 15) is 9.59 Å². The first-order valence-electron chi connectivity index (χ1n) is 8.33. The summed E-state index contributed by atoms with van der Waals surface area (Å²) in [6.45, 7) is 8.08. The molecule has 1 aliphatic rings. The molecule has 3 rings (SSSR count). The van der Waals surface area contributed by atoms with Crippen LogP contribution in [0.1, 0.15) is 27.7 Å². The molecule has 0 spiro atoms. The molecular formula is C17H21N5O2S2. The lowest BCUT2D eigenvalue weighted by atomic mass is 9.96. The van der Waals surface area contributed by atoms with E-state index in [-0.39, 0.29) is 11.8 Å². The second-order valence-electron chi connectivity index (χ2n) is 6.37. The van der Waals surface area contributed by atoms with Gasteiger partial charge < -0.3 is 10.6 Å². The maximum Gasteiger partial charge on any atom is 0.250 e. The Bertz CT molecular complexity index is 836. The fraction of sp³-hybridized carbons (Fsp3) is 0.412. The average molecular weight is 392 g/mol. The summed E-state index contributed by atoms with van der Waals surface area (Å²) in [4.78, 5) is 27.3. The molecule has 2 N–H and O–H groups in total. The van der Waals surface area contributed by atoms with Crippen LogP contribution in [0.4, 0.5) is 16.5 Å². The maximum absolute atomic E-state index is 13.2. The van der Waals surface area contributed by atoms with Gasteiger partial charge in [0, 0.05) is 6.54 Å². The number of hydrogen-bond donors (Lipinski definition) is 2. The highest BCUT2D eigenvalue weighted by Crippen LogP contribution is 2.39. The molecule has 1 aromatic heterocycles. The smallest absolute Gasteiger partial charge is 0.250 e. The van der Waals surface area contributed by atoms with E-state index >= 15 is 0 Å². The Balaban J connectivity index is 1.85. The summed E-state index contributed by atoms with van der Waals surface area (Å²) in [5.74, 6) is -0.338. The third kappa shape index (κ3) is 3.41. The van der Waals surface area contributed by atoms with Gasteiger partial charge in [-0.1, -0.05) is 35.2 Å². The van der Waals surface area contributed by atoms with Gasteiger partial charge in [-0.2, -0.15) is 0 Å². The van der Waals surface area contributed by atoms with Gasteiger partial charge in [0.2, 0.25) is 16.9 Å². The first-order valence-corrected chi connectivity index (χ1v) is 10.0. The summed E-state index contributed by atoms with van der Waals surface area (Å²) in [5.41, 5.74) is 0.379. The quantitative estimate of drug-likeness (QED) is 0.761. The number of nitrogens with one attached hydrogen (secondary N) is 2. The summed E-state index contributed by atoms with van der Waals surface area (Å²) in [6, 6.07) is 7.34. The Morgan fingerprint density at radius 2 is 2.12 bits per heavy atom. The van der Waals surface area contributed by atoms with Crippen LogP contribution in [0.5, 0.6) is 0 Å². The van der Waals surface area contributed by atoms with Crippen molar-refractivity contribution in [1.82, 2.24) is 10.2 Å². The van der Waals surface area contributed by atoms with Gasteiger partial charge in [-0.05, 0) is 39.8 Å². The van der Waals surface area contributed by atoms with Crippen molar-refractivity contribution in [1.29, 1.82) is 0 Å². The van der Waals surface area contributed by atoms with Gasteiger partial charge in [0.1, 0.15) is 5.54 Å². The molecule has 26 heavy (non-hydrogen) atoms. The van der Waals surface area contributed by atoms with E-state index in [2.05, 4.69) is 20.8 Å². The lowest BCUT2D eigenvalue weighted by Gasteiger charge is -2.42. The van der Waals surface area contributed by atoms with E-state index in [0.29, 0.717) is 15.7 Å². The molecule has 9 heteroatoms. The van der Waals surface area contributed by atoms with Crippen LogP contribution in [-0.2, 0) is 9.59 Å². The van der Waals surface area contributed by atoms with Crippen LogP contribution in [-0.4, -0.2) is 39.3 Å². The molecule has 138 valence electrons. The molecule has 7 nitrogen and oxygen atoms in total. The van der Waals surface area contributed by atoms with Crippen molar-refractivity contribution in [3.63, 3.8) is 0 Å². The third-order valence-corrected chi connectivity index (χ3v) is 6.14. The van der Waals surface area contributed by atoms with Crippen molar-refractivity contribution in [3.05, 3.63) is 24.3 Å². The van der Waals surface area contributed by atoms with E-state index in [4.69, 9.17) is 0 Å². The monoisotopic (exact) mass is 391 g/mol. The van der Waals surface area contributed by atoms with Crippen LogP contribution in [0, 0.1) is 0 Å². The van der Waals surface area contributed by atoms with Crippen molar-refractivity contribution < 1.29 is 9.59 Å². The number of fused-ring (bicyclic) bond motifs is 1. The predicted molar refractivity (Wildman–Crippen MR) is 106 cm³/mol. The zero-order valence-electron chi connectivity index (χ0n) is 15.1. The van der Waals surface area contributed by atoms with Crippen LogP contribution in [0.3, 0.4) is 0 Å². The Labute approximate surface area is 160 Å². The van der Waals surface area contributed by atoms with Gasteiger partial charge >= 0.3 is 0 Å². The summed E-state index contributed by atoms with van der Waals surface area (Å²) in [6.07, 6.45) is 0. The van der Waals surface area contributed by atoms with Crippen molar-refractivity contribution in [2.45, 2.75) is 42.8 Å². The number of aromatic nitrogens is 2. The lowest BCUT2D eigenvalue weighted by Crippen LogP contribution is -2.60. The second-order valence-corrected chi connectivity index (χ2v) is 8.93. The van der Waals surface area contributed by atoms with Crippen LogP contribution in [0.15, 0.2) is 28.6 Å². The molecular weight excluding hydrogens is 370 g/mol. The summed E-state index contributed by atoms with van der Waals surface area (Å²) in [7, 11) is 0. The zero-order valence-corrected chi connectivity index (χ0v) is 16.7. The van der Waals surface area contributed by atoms with E-state index in [1.165, 1.54) is 23.1 Å². The zero-order chi connectivity index (χ0) is 18.9. The molecule has 1 aromatic carbocycles. The summed E-state index contributed by atoms with van der Waals surface area (Å²) in [5, 5.41) is 14.5. The van der Waals surface area contributed by atoms with E-state index in [1.807, 2.05) is 32.0 Å². The molecule has 2 amide bonds. The number of anilines is 3. The van der Waals surface area contributed by atoms with Gasteiger partial charge in [-0.25, -0.2) is 0 Å². The van der Waals surface area contributed by atoms with E-state index in [1.54, 1.807) is 24.8 Å². The van der Waals surface area contributed by atoms with Crippen LogP contribution in [0.2, 0.25) is 0 Å². The molecule has 0 saturated carbocycles. The lowest BCUT2D eigenvalue weighted by molar-refractivity contribution is -0.126. The second kappa shape index (κ2) is 7.24.